The number of hydrogen-bond donors (Lipinski definition) is 1. The lowest BCUT2D eigenvalue weighted by atomic mass is 10.1. The predicted molar refractivity (Wildman–Crippen MR) is 55.5 cm³/mol. The first-order valence-corrected chi connectivity index (χ1v) is 5.53. The summed E-state index contributed by atoms with van der Waals surface area (Å²) in [5.74, 6) is 0.782. The molecule has 0 aliphatic carbocycles. The third kappa shape index (κ3) is 6.65. The molecule has 0 spiro atoms. The van der Waals surface area contributed by atoms with Crippen molar-refractivity contribution >= 4 is 21.8 Å². The molecule has 0 fully saturated rings. The van der Waals surface area contributed by atoms with E-state index in [2.05, 4.69) is 35.1 Å². The van der Waals surface area contributed by atoms with Crippen molar-refractivity contribution in [2.75, 3.05) is 5.33 Å². The highest BCUT2D eigenvalue weighted by Crippen LogP contribution is 2.03. The highest BCUT2D eigenvalue weighted by atomic mass is 79.9. The van der Waals surface area contributed by atoms with Gasteiger partial charge >= 0.3 is 0 Å². The molecule has 12 heavy (non-hydrogen) atoms. The number of carbonyl (C=O) groups is 1. The van der Waals surface area contributed by atoms with E-state index in [1.165, 1.54) is 0 Å². The third-order valence-electron chi connectivity index (χ3n) is 1.55. The van der Waals surface area contributed by atoms with Gasteiger partial charge in [-0.25, -0.2) is 0 Å². The molecule has 0 aliphatic rings. The average Bonchev–Trinajstić information content (AvgIpc) is 1.84. The average molecular weight is 236 g/mol. The lowest BCUT2D eigenvalue weighted by molar-refractivity contribution is -0.121. The van der Waals surface area contributed by atoms with Gasteiger partial charge in [0.15, 0.2) is 0 Å². The van der Waals surface area contributed by atoms with Gasteiger partial charge in [0.1, 0.15) is 0 Å². The number of hydrogen-bond acceptors (Lipinski definition) is 1. The van der Waals surface area contributed by atoms with Crippen molar-refractivity contribution in [1.29, 1.82) is 0 Å². The second kappa shape index (κ2) is 6.46. The van der Waals surface area contributed by atoms with E-state index in [0.717, 1.165) is 11.8 Å². The summed E-state index contributed by atoms with van der Waals surface area (Å²) >= 11 is 3.23. The van der Waals surface area contributed by atoms with Gasteiger partial charge in [-0.1, -0.05) is 29.8 Å². The van der Waals surface area contributed by atoms with Crippen LogP contribution in [0.25, 0.3) is 0 Å². The maximum atomic E-state index is 11.1. The highest BCUT2D eigenvalue weighted by molar-refractivity contribution is 9.09. The van der Waals surface area contributed by atoms with Crippen molar-refractivity contribution in [2.24, 2.45) is 5.92 Å². The zero-order chi connectivity index (χ0) is 9.56. The Bertz CT molecular complexity index is 136. The van der Waals surface area contributed by atoms with E-state index in [1.54, 1.807) is 0 Å². The zero-order valence-corrected chi connectivity index (χ0v) is 9.65. The highest BCUT2D eigenvalue weighted by Gasteiger charge is 2.07. The van der Waals surface area contributed by atoms with Crippen LogP contribution < -0.4 is 5.32 Å². The first-order valence-electron chi connectivity index (χ1n) is 4.41. The largest absolute Gasteiger partial charge is 0.354 e. The summed E-state index contributed by atoms with van der Waals surface area (Å²) in [5.41, 5.74) is 0. The van der Waals surface area contributed by atoms with Crippen molar-refractivity contribution in [2.45, 2.75) is 39.7 Å². The van der Waals surface area contributed by atoms with E-state index in [-0.39, 0.29) is 5.91 Å². The number of amides is 1. The Morgan fingerprint density at radius 2 is 2.00 bits per heavy atom. The molecule has 72 valence electrons. The molecule has 0 saturated carbocycles. The fraction of sp³-hybridized carbons (Fsp3) is 0.889. The van der Waals surface area contributed by atoms with Crippen LogP contribution in [0.15, 0.2) is 0 Å². The quantitative estimate of drug-likeness (QED) is 0.729. The van der Waals surface area contributed by atoms with Gasteiger partial charge < -0.3 is 5.32 Å². The summed E-state index contributed by atoms with van der Waals surface area (Å²) in [6, 6.07) is 0.302. The molecule has 1 unspecified atom stereocenters. The van der Waals surface area contributed by atoms with Crippen molar-refractivity contribution in [3.63, 3.8) is 0 Å². The van der Waals surface area contributed by atoms with Crippen molar-refractivity contribution in [1.82, 2.24) is 5.32 Å². The van der Waals surface area contributed by atoms with E-state index >= 15 is 0 Å². The molecular weight excluding hydrogens is 218 g/mol. The molecule has 0 aromatic heterocycles. The number of alkyl halides is 1. The van der Waals surface area contributed by atoms with Crippen LogP contribution >= 0.6 is 15.9 Å². The Labute approximate surface area is 83.2 Å². The van der Waals surface area contributed by atoms with Crippen molar-refractivity contribution < 1.29 is 4.79 Å². The third-order valence-corrected chi connectivity index (χ3v) is 1.95. The Kier molecular flexibility index (Phi) is 6.44. The molecule has 1 atom stereocenters. The van der Waals surface area contributed by atoms with Gasteiger partial charge in [0.2, 0.25) is 5.91 Å². The summed E-state index contributed by atoms with van der Waals surface area (Å²) in [7, 11) is 0. The predicted octanol–water partition coefficient (Wildman–Crippen LogP) is 2.32. The molecule has 0 aromatic rings. The summed E-state index contributed by atoms with van der Waals surface area (Å²) in [6.07, 6.45) is 1.62. The molecule has 2 nitrogen and oxygen atoms in total. The molecule has 0 rings (SSSR count). The normalized spacial score (nSPS) is 13.1. The summed E-state index contributed by atoms with van der Waals surface area (Å²) < 4.78 is 0. The number of halogens is 1. The van der Waals surface area contributed by atoms with E-state index in [4.69, 9.17) is 0 Å². The van der Waals surface area contributed by atoms with Gasteiger partial charge in [-0.05, 0) is 19.3 Å². The maximum Gasteiger partial charge on any atom is 0.221 e. The molecule has 0 saturated heterocycles. The minimum Gasteiger partial charge on any atom is -0.354 e. The molecule has 0 aliphatic heterocycles. The van der Waals surface area contributed by atoms with Crippen molar-refractivity contribution in [3.8, 4) is 0 Å². The standard InChI is InChI=1S/C9H18BrNO/c1-7(2)6-8(3)11-9(12)4-5-10/h7-8H,4-6H2,1-3H3,(H,11,12). The van der Waals surface area contributed by atoms with Crippen molar-refractivity contribution in [3.05, 3.63) is 0 Å². The Balaban J connectivity index is 3.54. The van der Waals surface area contributed by atoms with Gasteiger partial charge in [-0.2, -0.15) is 0 Å². The van der Waals surface area contributed by atoms with Crippen LogP contribution in [-0.2, 0) is 4.79 Å². The SMILES string of the molecule is CC(C)CC(C)NC(=O)CCBr. The molecule has 0 bridgehead atoms. The maximum absolute atomic E-state index is 11.1. The van der Waals surface area contributed by atoms with Gasteiger partial charge in [-0.3, -0.25) is 4.79 Å². The first kappa shape index (κ1) is 11.9. The van der Waals surface area contributed by atoms with Gasteiger partial charge in [0, 0.05) is 17.8 Å². The minimum atomic E-state index is 0.139. The first-order chi connectivity index (χ1) is 5.56. The molecule has 0 heterocycles. The fourth-order valence-electron chi connectivity index (χ4n) is 1.20. The van der Waals surface area contributed by atoms with Gasteiger partial charge in [0.25, 0.3) is 0 Å². The fourth-order valence-corrected chi connectivity index (χ4v) is 1.56. The van der Waals surface area contributed by atoms with E-state index < -0.39 is 0 Å². The van der Waals surface area contributed by atoms with Crippen LogP contribution in [-0.4, -0.2) is 17.3 Å². The zero-order valence-electron chi connectivity index (χ0n) is 8.06. The lowest BCUT2D eigenvalue weighted by Crippen LogP contribution is -2.33. The Morgan fingerprint density at radius 1 is 1.42 bits per heavy atom. The summed E-state index contributed by atoms with van der Waals surface area (Å²) in [6.45, 7) is 6.37. The number of rotatable bonds is 5. The van der Waals surface area contributed by atoms with Crippen LogP contribution in [0.3, 0.4) is 0 Å². The molecule has 0 aromatic carbocycles. The minimum absolute atomic E-state index is 0.139. The second-order valence-electron chi connectivity index (χ2n) is 3.54. The van der Waals surface area contributed by atoms with Crippen LogP contribution in [0, 0.1) is 5.92 Å². The van der Waals surface area contributed by atoms with Crippen LogP contribution in [0.5, 0.6) is 0 Å². The molecule has 0 radical (unpaired) electrons. The molecule has 1 N–H and O–H groups in total. The Morgan fingerprint density at radius 3 is 2.42 bits per heavy atom. The second-order valence-corrected chi connectivity index (χ2v) is 4.33. The van der Waals surface area contributed by atoms with E-state index in [1.807, 2.05) is 6.92 Å². The molecule has 3 heteroatoms. The van der Waals surface area contributed by atoms with Crippen LogP contribution in [0.1, 0.15) is 33.6 Å². The van der Waals surface area contributed by atoms with Crippen LogP contribution in [0.4, 0.5) is 0 Å². The number of carbonyl (C=O) groups excluding carboxylic acids is 1. The molecule has 1 amide bonds. The van der Waals surface area contributed by atoms with E-state index in [0.29, 0.717) is 18.4 Å². The van der Waals surface area contributed by atoms with E-state index in [9.17, 15) is 4.79 Å². The topological polar surface area (TPSA) is 29.1 Å². The number of nitrogens with one attached hydrogen (secondary N) is 1. The summed E-state index contributed by atoms with van der Waals surface area (Å²) in [5, 5.41) is 3.69. The lowest BCUT2D eigenvalue weighted by Gasteiger charge is -2.15. The van der Waals surface area contributed by atoms with Crippen LogP contribution in [0.2, 0.25) is 0 Å². The van der Waals surface area contributed by atoms with Gasteiger partial charge in [0.05, 0.1) is 0 Å². The van der Waals surface area contributed by atoms with Gasteiger partial charge in [-0.15, -0.1) is 0 Å². The Hall–Kier alpha value is -0.0500. The molecular formula is C9H18BrNO. The summed E-state index contributed by atoms with van der Waals surface area (Å²) in [4.78, 5) is 11.1. The smallest absolute Gasteiger partial charge is 0.221 e. The monoisotopic (exact) mass is 235 g/mol.